The molecule has 0 bridgehead atoms. The summed E-state index contributed by atoms with van der Waals surface area (Å²) in [7, 11) is 2.04. The monoisotopic (exact) mass is 354 g/mol. The van der Waals surface area contributed by atoms with Crippen LogP contribution in [0.25, 0.3) is 5.57 Å². The molecule has 0 saturated heterocycles. The van der Waals surface area contributed by atoms with E-state index in [1.54, 1.807) is 6.20 Å². The fraction of sp³-hybridized carbons (Fsp3) is 0.316. The van der Waals surface area contributed by atoms with Crippen molar-refractivity contribution in [1.29, 1.82) is 0 Å². The average Bonchev–Trinajstić information content (AvgIpc) is 3.03. The topological polar surface area (TPSA) is 58.1 Å². The Morgan fingerprint density at radius 1 is 1.24 bits per heavy atom. The zero-order valence-corrected chi connectivity index (χ0v) is 14.8. The van der Waals surface area contributed by atoms with Gasteiger partial charge in [0.05, 0.1) is 16.9 Å². The molecule has 0 radical (unpaired) electrons. The van der Waals surface area contributed by atoms with Crippen LogP contribution < -0.4 is 5.32 Å². The highest BCUT2D eigenvalue weighted by Crippen LogP contribution is 2.30. The van der Waals surface area contributed by atoms with Crippen molar-refractivity contribution in [2.45, 2.75) is 25.7 Å². The number of carbonyl (C=O) groups excluding carboxylic acids is 1. The van der Waals surface area contributed by atoms with Crippen LogP contribution in [0.5, 0.6) is 0 Å². The Morgan fingerprint density at radius 3 is 2.92 bits per heavy atom. The Morgan fingerprint density at radius 2 is 2.12 bits per heavy atom. The summed E-state index contributed by atoms with van der Waals surface area (Å²) in [4.78, 5) is 23.0. The minimum atomic E-state index is 0.232. The molecule has 1 aliphatic heterocycles. The molecule has 2 aromatic rings. The second kappa shape index (κ2) is 6.48. The first kappa shape index (κ1) is 16.1. The first-order valence-electron chi connectivity index (χ1n) is 8.47. The average molecular weight is 355 g/mol. The molecule has 2 heterocycles. The minimum Gasteiger partial charge on any atom is -0.380 e. The van der Waals surface area contributed by atoms with Gasteiger partial charge in [-0.15, -0.1) is 0 Å². The number of nitrogens with zero attached hydrogens (tertiary/aromatic N) is 3. The number of halogens is 1. The number of nitrogens with one attached hydrogen (secondary N) is 1. The van der Waals surface area contributed by atoms with Gasteiger partial charge in [-0.1, -0.05) is 11.6 Å². The van der Waals surface area contributed by atoms with E-state index in [0.717, 1.165) is 53.9 Å². The van der Waals surface area contributed by atoms with Gasteiger partial charge in [-0.3, -0.25) is 4.79 Å². The van der Waals surface area contributed by atoms with Gasteiger partial charge in [0.1, 0.15) is 0 Å². The maximum absolute atomic E-state index is 11.9. The highest BCUT2D eigenvalue weighted by atomic mass is 35.5. The number of Topliss-reactive ketones (excluding diaryl/α,β-unsaturated/α-hetero) is 1. The first-order valence-corrected chi connectivity index (χ1v) is 8.85. The number of hydrogen-bond donors (Lipinski definition) is 1. The van der Waals surface area contributed by atoms with Crippen LogP contribution in [-0.4, -0.2) is 34.2 Å². The summed E-state index contributed by atoms with van der Waals surface area (Å²) in [6.45, 7) is 0.970. The third kappa shape index (κ3) is 3.24. The van der Waals surface area contributed by atoms with Crippen molar-refractivity contribution in [3.8, 4) is 0 Å². The van der Waals surface area contributed by atoms with Gasteiger partial charge in [0.15, 0.2) is 5.78 Å². The van der Waals surface area contributed by atoms with Gasteiger partial charge in [0.25, 0.3) is 0 Å². The van der Waals surface area contributed by atoms with Crippen LogP contribution in [0.3, 0.4) is 0 Å². The molecule has 0 fully saturated rings. The van der Waals surface area contributed by atoms with E-state index in [0.29, 0.717) is 17.4 Å². The minimum absolute atomic E-state index is 0.232. The third-order valence-electron chi connectivity index (χ3n) is 4.67. The lowest BCUT2D eigenvalue weighted by Crippen LogP contribution is -2.11. The second-order valence-corrected chi connectivity index (χ2v) is 6.96. The molecule has 1 aliphatic carbocycles. The maximum atomic E-state index is 11.9. The zero-order chi connectivity index (χ0) is 17.4. The van der Waals surface area contributed by atoms with Crippen molar-refractivity contribution >= 4 is 34.6 Å². The molecule has 0 saturated carbocycles. The lowest BCUT2D eigenvalue weighted by atomic mass is 9.90. The Bertz CT molecular complexity index is 878. The van der Waals surface area contributed by atoms with Crippen molar-refractivity contribution in [3.63, 3.8) is 0 Å². The molecule has 0 spiro atoms. The van der Waals surface area contributed by atoms with Crippen LogP contribution in [0.4, 0.5) is 11.6 Å². The number of carbonyl (C=O) groups is 1. The maximum Gasteiger partial charge on any atom is 0.227 e. The van der Waals surface area contributed by atoms with Gasteiger partial charge in [-0.2, -0.15) is 0 Å². The summed E-state index contributed by atoms with van der Waals surface area (Å²) in [6, 6.07) is 5.82. The van der Waals surface area contributed by atoms with Crippen LogP contribution in [0, 0.1) is 0 Å². The highest BCUT2D eigenvalue weighted by Gasteiger charge is 2.18. The summed E-state index contributed by atoms with van der Waals surface area (Å²) in [5.41, 5.74) is 4.72. The molecule has 0 atom stereocenters. The number of aromatic nitrogens is 2. The van der Waals surface area contributed by atoms with Gasteiger partial charge in [-0.25, -0.2) is 9.97 Å². The summed E-state index contributed by atoms with van der Waals surface area (Å²) < 4.78 is 0. The number of ketones is 1. The van der Waals surface area contributed by atoms with Crippen molar-refractivity contribution in [3.05, 3.63) is 52.4 Å². The van der Waals surface area contributed by atoms with E-state index in [1.807, 2.05) is 25.2 Å². The number of benzene rings is 1. The smallest absolute Gasteiger partial charge is 0.227 e. The Kier molecular flexibility index (Phi) is 4.17. The van der Waals surface area contributed by atoms with E-state index >= 15 is 0 Å². The lowest BCUT2D eigenvalue weighted by Gasteiger charge is -2.16. The summed E-state index contributed by atoms with van der Waals surface area (Å²) in [5.74, 6) is 0.743. The van der Waals surface area contributed by atoms with Gasteiger partial charge in [-0.05, 0) is 48.6 Å². The van der Waals surface area contributed by atoms with Gasteiger partial charge in [0, 0.05) is 37.5 Å². The van der Waals surface area contributed by atoms with E-state index in [-0.39, 0.29) is 5.78 Å². The molecule has 0 amide bonds. The molecule has 0 unspecified atom stereocenters. The number of rotatable bonds is 3. The molecule has 1 aromatic heterocycles. The van der Waals surface area contributed by atoms with E-state index in [4.69, 9.17) is 11.6 Å². The molecule has 2 aliphatic rings. The van der Waals surface area contributed by atoms with Crippen LogP contribution in [-0.2, 0) is 6.42 Å². The molecule has 1 aromatic carbocycles. The van der Waals surface area contributed by atoms with Crippen LogP contribution >= 0.6 is 11.6 Å². The normalized spacial score (nSPS) is 16.6. The number of hydrogen-bond acceptors (Lipinski definition) is 5. The van der Waals surface area contributed by atoms with Crippen molar-refractivity contribution in [2.75, 3.05) is 18.9 Å². The standard InChI is InChI=1S/C19H19ClN4O/c1-24-8-7-13(11-24)18-16(20)10-21-19(23-18)22-14-5-6-15-12(9-14)3-2-4-17(15)25/h5-6,9-11H,2-4,7-8H2,1H3,(H,21,22,23). The molecule has 128 valence electrons. The van der Waals surface area contributed by atoms with Crippen molar-refractivity contribution < 1.29 is 4.79 Å². The predicted molar refractivity (Wildman–Crippen MR) is 99.3 cm³/mol. The van der Waals surface area contributed by atoms with Crippen LogP contribution in [0.15, 0.2) is 30.6 Å². The lowest BCUT2D eigenvalue weighted by molar-refractivity contribution is 0.0972. The second-order valence-electron chi connectivity index (χ2n) is 6.55. The predicted octanol–water partition coefficient (Wildman–Crippen LogP) is 4.07. The molecular weight excluding hydrogens is 336 g/mol. The zero-order valence-electron chi connectivity index (χ0n) is 14.1. The van der Waals surface area contributed by atoms with Crippen LogP contribution in [0.2, 0.25) is 5.02 Å². The van der Waals surface area contributed by atoms with Gasteiger partial charge in [0.2, 0.25) is 5.95 Å². The molecule has 6 heteroatoms. The largest absolute Gasteiger partial charge is 0.380 e. The highest BCUT2D eigenvalue weighted by molar-refractivity contribution is 6.32. The molecule has 4 rings (SSSR count). The molecule has 1 N–H and O–H groups in total. The summed E-state index contributed by atoms with van der Waals surface area (Å²) in [5, 5.41) is 3.80. The molecule has 5 nitrogen and oxygen atoms in total. The third-order valence-corrected chi connectivity index (χ3v) is 4.95. The SMILES string of the molecule is CN1C=C(c2nc(Nc3ccc4c(c3)CCCC4=O)ncc2Cl)CC1. The van der Waals surface area contributed by atoms with E-state index in [2.05, 4.69) is 26.4 Å². The van der Waals surface area contributed by atoms with Gasteiger partial charge >= 0.3 is 0 Å². The number of anilines is 2. The summed E-state index contributed by atoms with van der Waals surface area (Å²) >= 11 is 6.29. The van der Waals surface area contributed by atoms with Crippen LogP contribution in [0.1, 0.15) is 40.9 Å². The van der Waals surface area contributed by atoms with Gasteiger partial charge < -0.3 is 10.2 Å². The Labute approximate surface area is 151 Å². The fourth-order valence-electron chi connectivity index (χ4n) is 3.38. The quantitative estimate of drug-likeness (QED) is 0.900. The van der Waals surface area contributed by atoms with Crippen molar-refractivity contribution in [2.24, 2.45) is 0 Å². The van der Waals surface area contributed by atoms with E-state index in [1.165, 1.54) is 0 Å². The van der Waals surface area contributed by atoms with E-state index in [9.17, 15) is 4.79 Å². The Hall–Kier alpha value is -2.40. The Balaban J connectivity index is 1.61. The van der Waals surface area contributed by atoms with E-state index < -0.39 is 0 Å². The number of aryl methyl sites for hydroxylation is 1. The first-order chi connectivity index (χ1) is 12.1. The van der Waals surface area contributed by atoms with Crippen molar-refractivity contribution in [1.82, 2.24) is 14.9 Å². The molecular formula is C19H19ClN4O. The summed E-state index contributed by atoms with van der Waals surface area (Å²) in [6.07, 6.45) is 7.12. The number of fused-ring (bicyclic) bond motifs is 1. The molecule has 25 heavy (non-hydrogen) atoms. The fourth-order valence-corrected chi connectivity index (χ4v) is 3.59.